The number of hydrogen-bond acceptors (Lipinski definition) is 5. The zero-order valence-electron chi connectivity index (χ0n) is 12.0. The van der Waals surface area contributed by atoms with Crippen LogP contribution in [0.1, 0.15) is 23.2 Å². The molecule has 0 spiro atoms. The van der Waals surface area contributed by atoms with Crippen molar-refractivity contribution in [2.24, 2.45) is 0 Å². The molecule has 3 heterocycles. The monoisotopic (exact) mass is 299 g/mol. The van der Waals surface area contributed by atoms with E-state index < -0.39 is 0 Å². The Labute approximate surface area is 127 Å². The standard InChI is InChI=1S/C15H17N5O2/c21-14-12(3-1-7-16-14)15(22)20-9-5-11(6-10-20)18-13-4-2-8-17-19-13/h1-4,7-8,11H,5-6,9-10H2,(H,16,21)(H,18,19). The van der Waals surface area contributed by atoms with Crippen molar-refractivity contribution < 1.29 is 4.79 Å². The number of hydrogen-bond donors (Lipinski definition) is 2. The Bertz CT molecular complexity index is 692. The molecule has 22 heavy (non-hydrogen) atoms. The van der Waals surface area contributed by atoms with Crippen molar-refractivity contribution >= 4 is 11.7 Å². The van der Waals surface area contributed by atoms with Gasteiger partial charge in [-0.3, -0.25) is 9.59 Å². The first-order valence-electron chi connectivity index (χ1n) is 7.25. The summed E-state index contributed by atoms with van der Waals surface area (Å²) in [4.78, 5) is 28.3. The Morgan fingerprint density at radius 2 is 2.09 bits per heavy atom. The zero-order valence-corrected chi connectivity index (χ0v) is 12.0. The molecule has 0 aliphatic carbocycles. The molecule has 1 saturated heterocycles. The van der Waals surface area contributed by atoms with E-state index in [0.29, 0.717) is 13.1 Å². The highest BCUT2D eigenvalue weighted by molar-refractivity contribution is 5.93. The number of pyridine rings is 1. The van der Waals surface area contributed by atoms with Crippen LogP contribution < -0.4 is 10.9 Å². The molecule has 0 bridgehead atoms. The third-order valence-corrected chi connectivity index (χ3v) is 3.76. The van der Waals surface area contributed by atoms with E-state index in [2.05, 4.69) is 20.5 Å². The lowest BCUT2D eigenvalue weighted by Crippen LogP contribution is -2.43. The molecular weight excluding hydrogens is 282 g/mol. The Morgan fingerprint density at radius 1 is 1.27 bits per heavy atom. The maximum absolute atomic E-state index is 12.3. The van der Waals surface area contributed by atoms with E-state index in [1.54, 1.807) is 23.2 Å². The molecular formula is C15H17N5O2. The number of amides is 1. The van der Waals surface area contributed by atoms with Gasteiger partial charge in [-0.1, -0.05) is 0 Å². The second kappa shape index (κ2) is 6.38. The van der Waals surface area contributed by atoms with Crippen molar-refractivity contribution in [3.05, 3.63) is 52.6 Å². The Hall–Kier alpha value is -2.70. The molecule has 0 aromatic carbocycles. The molecule has 2 aromatic heterocycles. The molecule has 1 amide bonds. The topological polar surface area (TPSA) is 91.0 Å². The Kier molecular flexibility index (Phi) is 4.13. The van der Waals surface area contributed by atoms with Gasteiger partial charge in [0.25, 0.3) is 11.5 Å². The number of carbonyl (C=O) groups is 1. The van der Waals surface area contributed by atoms with Crippen molar-refractivity contribution in [2.75, 3.05) is 18.4 Å². The van der Waals surface area contributed by atoms with Crippen molar-refractivity contribution in [2.45, 2.75) is 18.9 Å². The minimum atomic E-state index is -0.340. The van der Waals surface area contributed by atoms with E-state index in [1.165, 1.54) is 6.20 Å². The van der Waals surface area contributed by atoms with Crippen LogP contribution in [0, 0.1) is 0 Å². The number of nitrogens with one attached hydrogen (secondary N) is 2. The molecule has 0 atom stereocenters. The number of piperidine rings is 1. The lowest BCUT2D eigenvalue weighted by atomic mass is 10.0. The maximum atomic E-state index is 12.3. The number of likely N-dealkylation sites (tertiary alicyclic amines) is 1. The minimum Gasteiger partial charge on any atom is -0.366 e. The highest BCUT2D eigenvalue weighted by Crippen LogP contribution is 2.16. The molecule has 1 aliphatic heterocycles. The first kappa shape index (κ1) is 14.2. The van der Waals surface area contributed by atoms with E-state index in [0.717, 1.165) is 18.7 Å². The van der Waals surface area contributed by atoms with E-state index >= 15 is 0 Å². The van der Waals surface area contributed by atoms with Gasteiger partial charge in [0.2, 0.25) is 0 Å². The summed E-state index contributed by atoms with van der Waals surface area (Å²) in [6, 6.07) is 7.18. The number of nitrogens with zero attached hydrogens (tertiary/aromatic N) is 3. The summed E-state index contributed by atoms with van der Waals surface area (Å²) in [5, 5.41) is 11.1. The van der Waals surface area contributed by atoms with E-state index in [-0.39, 0.29) is 23.1 Å². The lowest BCUT2D eigenvalue weighted by Gasteiger charge is -2.32. The van der Waals surface area contributed by atoms with Crippen molar-refractivity contribution in [3.63, 3.8) is 0 Å². The van der Waals surface area contributed by atoms with Gasteiger partial charge in [-0.15, -0.1) is 5.10 Å². The lowest BCUT2D eigenvalue weighted by molar-refractivity contribution is 0.0716. The highest BCUT2D eigenvalue weighted by atomic mass is 16.2. The van der Waals surface area contributed by atoms with Crippen molar-refractivity contribution in [3.8, 4) is 0 Å². The summed E-state index contributed by atoms with van der Waals surface area (Å²) in [6.45, 7) is 1.23. The third kappa shape index (κ3) is 3.13. The number of rotatable bonds is 3. The molecule has 2 N–H and O–H groups in total. The summed E-state index contributed by atoms with van der Waals surface area (Å²) < 4.78 is 0. The molecule has 114 valence electrons. The first-order chi connectivity index (χ1) is 10.7. The number of H-pyrrole nitrogens is 1. The van der Waals surface area contributed by atoms with Gasteiger partial charge in [-0.05, 0) is 37.1 Å². The van der Waals surface area contributed by atoms with E-state index in [4.69, 9.17) is 0 Å². The van der Waals surface area contributed by atoms with Crippen LogP contribution in [-0.4, -0.2) is 45.1 Å². The van der Waals surface area contributed by atoms with Crippen LogP contribution in [0.5, 0.6) is 0 Å². The Balaban J connectivity index is 1.59. The summed E-state index contributed by atoms with van der Waals surface area (Å²) in [6.07, 6.45) is 4.78. The predicted molar refractivity (Wildman–Crippen MR) is 81.6 cm³/mol. The molecule has 1 aliphatic rings. The largest absolute Gasteiger partial charge is 0.366 e. The molecule has 7 nitrogen and oxygen atoms in total. The summed E-state index contributed by atoms with van der Waals surface area (Å²) >= 11 is 0. The van der Waals surface area contributed by atoms with Gasteiger partial charge >= 0.3 is 0 Å². The Morgan fingerprint density at radius 3 is 2.77 bits per heavy atom. The number of aromatic amines is 1. The second-order valence-electron chi connectivity index (χ2n) is 5.23. The molecule has 0 radical (unpaired) electrons. The first-order valence-corrected chi connectivity index (χ1v) is 7.25. The van der Waals surface area contributed by atoms with Gasteiger partial charge in [-0.25, -0.2) is 0 Å². The van der Waals surface area contributed by atoms with Crippen LogP contribution in [0.15, 0.2) is 41.5 Å². The molecule has 0 saturated carbocycles. The fourth-order valence-corrected chi connectivity index (χ4v) is 2.57. The summed E-state index contributed by atoms with van der Waals surface area (Å²) in [5.41, 5.74) is -0.143. The summed E-state index contributed by atoms with van der Waals surface area (Å²) in [5.74, 6) is 0.534. The second-order valence-corrected chi connectivity index (χ2v) is 5.23. The minimum absolute atomic E-state index is 0.197. The molecule has 2 aromatic rings. The van der Waals surface area contributed by atoms with Gasteiger partial charge in [0.15, 0.2) is 0 Å². The van der Waals surface area contributed by atoms with E-state index in [9.17, 15) is 9.59 Å². The molecule has 7 heteroatoms. The van der Waals surface area contributed by atoms with Crippen LogP contribution in [0.4, 0.5) is 5.82 Å². The maximum Gasteiger partial charge on any atom is 0.260 e. The van der Waals surface area contributed by atoms with Crippen LogP contribution in [-0.2, 0) is 0 Å². The van der Waals surface area contributed by atoms with Crippen molar-refractivity contribution in [1.82, 2.24) is 20.1 Å². The average Bonchev–Trinajstić information content (AvgIpc) is 2.56. The van der Waals surface area contributed by atoms with Gasteiger partial charge in [0, 0.05) is 31.5 Å². The quantitative estimate of drug-likeness (QED) is 0.878. The molecule has 0 unspecified atom stereocenters. The summed E-state index contributed by atoms with van der Waals surface area (Å²) in [7, 11) is 0. The van der Waals surface area contributed by atoms with Gasteiger partial charge in [0.05, 0.1) is 0 Å². The van der Waals surface area contributed by atoms with Gasteiger partial charge in [0.1, 0.15) is 11.4 Å². The van der Waals surface area contributed by atoms with Crippen LogP contribution in [0.3, 0.4) is 0 Å². The van der Waals surface area contributed by atoms with Gasteiger partial charge < -0.3 is 15.2 Å². The van der Waals surface area contributed by atoms with E-state index in [1.807, 2.05) is 12.1 Å². The van der Waals surface area contributed by atoms with Gasteiger partial charge in [-0.2, -0.15) is 5.10 Å². The number of aromatic nitrogens is 3. The third-order valence-electron chi connectivity index (χ3n) is 3.76. The van der Waals surface area contributed by atoms with Crippen LogP contribution in [0.25, 0.3) is 0 Å². The van der Waals surface area contributed by atoms with Crippen molar-refractivity contribution in [1.29, 1.82) is 0 Å². The average molecular weight is 299 g/mol. The molecule has 3 rings (SSSR count). The SMILES string of the molecule is O=C(c1ccc[nH]c1=O)N1CCC(Nc2cccnn2)CC1. The molecule has 1 fully saturated rings. The fraction of sp³-hybridized carbons (Fsp3) is 0.333. The number of carbonyl (C=O) groups excluding carboxylic acids is 1. The van der Waals surface area contributed by atoms with Crippen LogP contribution in [0.2, 0.25) is 0 Å². The highest BCUT2D eigenvalue weighted by Gasteiger charge is 2.25. The zero-order chi connectivity index (χ0) is 15.4. The normalized spacial score (nSPS) is 15.5. The predicted octanol–water partition coefficient (Wildman–Crippen LogP) is 0.882. The van der Waals surface area contributed by atoms with Crippen LogP contribution >= 0.6 is 0 Å². The fourth-order valence-electron chi connectivity index (χ4n) is 2.57. The smallest absolute Gasteiger partial charge is 0.260 e. The number of anilines is 1.